The first kappa shape index (κ1) is 14.7. The normalized spacial score (nSPS) is 16.5. The number of fused-ring (bicyclic) bond motifs is 1. The summed E-state index contributed by atoms with van der Waals surface area (Å²) < 4.78 is 5.47. The number of rotatable bonds is 3. The molecule has 6 heteroatoms. The number of hydrogen-bond donors (Lipinski definition) is 2. The summed E-state index contributed by atoms with van der Waals surface area (Å²) >= 11 is 1.20. The largest absolute Gasteiger partial charge is 0.477 e. The molecule has 4 rings (SSSR count). The molecule has 1 aromatic carbocycles. The quantitative estimate of drug-likeness (QED) is 0.750. The predicted octanol–water partition coefficient (Wildman–Crippen LogP) is 4.18. The molecule has 0 radical (unpaired) electrons. The van der Waals surface area contributed by atoms with Gasteiger partial charge in [0, 0.05) is 16.9 Å². The molecule has 2 aromatic heterocycles. The molecule has 0 saturated carbocycles. The molecule has 3 aromatic rings. The summed E-state index contributed by atoms with van der Waals surface area (Å²) in [5.41, 5.74) is 1.92. The van der Waals surface area contributed by atoms with E-state index in [1.807, 2.05) is 36.4 Å². The van der Waals surface area contributed by atoms with Gasteiger partial charge in [0.15, 0.2) is 0 Å². The Labute approximate surface area is 141 Å². The van der Waals surface area contributed by atoms with E-state index in [1.54, 1.807) is 12.3 Å². The van der Waals surface area contributed by atoms with Crippen LogP contribution in [0.3, 0.4) is 0 Å². The van der Waals surface area contributed by atoms with Crippen LogP contribution in [0, 0.1) is 0 Å². The zero-order valence-corrected chi connectivity index (χ0v) is 13.3. The van der Waals surface area contributed by atoms with Crippen molar-refractivity contribution in [1.29, 1.82) is 0 Å². The van der Waals surface area contributed by atoms with E-state index in [0.29, 0.717) is 17.0 Å². The van der Waals surface area contributed by atoms with E-state index in [2.05, 4.69) is 5.32 Å². The van der Waals surface area contributed by atoms with Gasteiger partial charge in [-0.05, 0) is 17.7 Å². The van der Waals surface area contributed by atoms with E-state index >= 15 is 0 Å². The van der Waals surface area contributed by atoms with Crippen LogP contribution in [0.25, 0.3) is 11.1 Å². The number of nitrogens with one attached hydrogen (secondary N) is 1. The third-order valence-electron chi connectivity index (χ3n) is 4.05. The highest BCUT2D eigenvalue weighted by Crippen LogP contribution is 2.49. The van der Waals surface area contributed by atoms with Gasteiger partial charge in [-0.1, -0.05) is 30.3 Å². The molecule has 1 aliphatic rings. The van der Waals surface area contributed by atoms with Crippen molar-refractivity contribution < 1.29 is 19.1 Å². The Morgan fingerprint density at radius 1 is 1.21 bits per heavy atom. The highest BCUT2D eigenvalue weighted by molar-refractivity contribution is 7.15. The molecule has 1 amide bonds. The third-order valence-corrected chi connectivity index (χ3v) is 5.34. The maximum atomic E-state index is 12.2. The number of benzene rings is 1. The molecule has 1 atom stereocenters. The third kappa shape index (κ3) is 2.32. The molecule has 0 saturated heterocycles. The van der Waals surface area contributed by atoms with Gasteiger partial charge in [0.2, 0.25) is 5.91 Å². The van der Waals surface area contributed by atoms with Crippen LogP contribution in [0.15, 0.2) is 53.1 Å². The molecule has 3 heterocycles. The number of carbonyl (C=O) groups excluding carboxylic acids is 1. The van der Waals surface area contributed by atoms with Crippen LogP contribution >= 0.6 is 11.3 Å². The molecule has 0 fully saturated rings. The van der Waals surface area contributed by atoms with Crippen LogP contribution in [-0.2, 0) is 4.79 Å². The van der Waals surface area contributed by atoms with Crippen molar-refractivity contribution in [3.05, 3.63) is 64.2 Å². The fraction of sp³-hybridized carbons (Fsp3) is 0.111. The topological polar surface area (TPSA) is 79.5 Å². The molecule has 24 heavy (non-hydrogen) atoms. The Kier molecular flexibility index (Phi) is 3.46. The summed E-state index contributed by atoms with van der Waals surface area (Å²) in [5.74, 6) is -0.732. The van der Waals surface area contributed by atoms with Crippen molar-refractivity contribution >= 4 is 28.9 Å². The van der Waals surface area contributed by atoms with Crippen LogP contribution < -0.4 is 5.32 Å². The number of carboxylic acid groups (broad SMARTS) is 1. The molecule has 5 nitrogen and oxygen atoms in total. The highest BCUT2D eigenvalue weighted by Gasteiger charge is 2.35. The van der Waals surface area contributed by atoms with Gasteiger partial charge >= 0.3 is 5.97 Å². The molecule has 1 aliphatic heterocycles. The molecule has 0 unspecified atom stereocenters. The number of carboxylic acids is 1. The molecule has 0 spiro atoms. The van der Waals surface area contributed by atoms with Gasteiger partial charge in [-0.25, -0.2) is 4.79 Å². The number of amides is 1. The number of thiophene rings is 1. The zero-order chi connectivity index (χ0) is 16.7. The smallest absolute Gasteiger partial charge is 0.346 e. The zero-order valence-electron chi connectivity index (χ0n) is 12.5. The van der Waals surface area contributed by atoms with Gasteiger partial charge in [0.05, 0.1) is 17.9 Å². The summed E-state index contributed by atoms with van der Waals surface area (Å²) in [4.78, 5) is 25.0. The van der Waals surface area contributed by atoms with Crippen molar-refractivity contribution in [2.24, 2.45) is 0 Å². The van der Waals surface area contributed by atoms with Crippen molar-refractivity contribution in [1.82, 2.24) is 0 Å². The van der Waals surface area contributed by atoms with Gasteiger partial charge in [-0.2, -0.15) is 0 Å². The molecular weight excluding hydrogens is 326 g/mol. The summed E-state index contributed by atoms with van der Waals surface area (Å²) in [6.07, 6.45) is 1.81. The average Bonchev–Trinajstić information content (AvgIpc) is 3.22. The first-order valence-electron chi connectivity index (χ1n) is 7.44. The van der Waals surface area contributed by atoms with E-state index in [0.717, 1.165) is 10.4 Å². The lowest BCUT2D eigenvalue weighted by Crippen LogP contribution is -2.22. The minimum Gasteiger partial charge on any atom is -0.477 e. The first-order chi connectivity index (χ1) is 11.6. The van der Waals surface area contributed by atoms with Crippen LogP contribution in [0.5, 0.6) is 0 Å². The van der Waals surface area contributed by atoms with E-state index in [9.17, 15) is 14.7 Å². The van der Waals surface area contributed by atoms with Crippen LogP contribution in [0.4, 0.5) is 5.69 Å². The highest BCUT2D eigenvalue weighted by atomic mass is 32.1. The van der Waals surface area contributed by atoms with Gasteiger partial charge in [0.25, 0.3) is 0 Å². The summed E-state index contributed by atoms with van der Waals surface area (Å²) in [7, 11) is 0. The Balaban J connectivity index is 1.96. The average molecular weight is 339 g/mol. The maximum absolute atomic E-state index is 12.2. The Morgan fingerprint density at radius 2 is 2.00 bits per heavy atom. The Bertz CT molecular complexity index is 912. The summed E-state index contributed by atoms with van der Waals surface area (Å²) in [6.45, 7) is 0. The minimum atomic E-state index is -0.999. The maximum Gasteiger partial charge on any atom is 0.346 e. The molecule has 0 bridgehead atoms. The first-order valence-corrected chi connectivity index (χ1v) is 8.25. The van der Waals surface area contributed by atoms with E-state index in [1.165, 1.54) is 11.3 Å². The second-order valence-electron chi connectivity index (χ2n) is 5.54. The standard InChI is InChI=1S/C18H13NO4S/c20-13-9-11(12-7-4-8-23-12)16-15(19-13)14(17(24-16)18(21)22)10-5-2-1-3-6-10/h1-8,11H,9H2,(H,19,20)(H,21,22)/t11-/m0/s1. The van der Waals surface area contributed by atoms with Crippen molar-refractivity contribution in [2.45, 2.75) is 12.3 Å². The van der Waals surface area contributed by atoms with Crippen LogP contribution in [-0.4, -0.2) is 17.0 Å². The number of anilines is 1. The second-order valence-corrected chi connectivity index (χ2v) is 6.59. The van der Waals surface area contributed by atoms with Crippen molar-refractivity contribution in [3.8, 4) is 11.1 Å². The molecule has 120 valence electrons. The summed E-state index contributed by atoms with van der Waals surface area (Å²) in [5, 5.41) is 12.5. The van der Waals surface area contributed by atoms with E-state index in [4.69, 9.17) is 4.42 Å². The predicted molar refractivity (Wildman–Crippen MR) is 90.5 cm³/mol. The lowest BCUT2D eigenvalue weighted by Gasteiger charge is -2.21. The van der Waals surface area contributed by atoms with Crippen molar-refractivity contribution in [2.75, 3.05) is 5.32 Å². The minimum absolute atomic E-state index is 0.143. The molecular formula is C18H13NO4S. The number of aromatic carboxylic acids is 1. The van der Waals surface area contributed by atoms with E-state index < -0.39 is 5.97 Å². The number of furan rings is 1. The van der Waals surface area contributed by atoms with Crippen LogP contribution in [0.2, 0.25) is 0 Å². The SMILES string of the molecule is O=C1C[C@@H](c2ccco2)c2sc(C(=O)O)c(-c3ccccc3)c2N1. The van der Waals surface area contributed by atoms with Gasteiger partial charge < -0.3 is 14.8 Å². The monoisotopic (exact) mass is 339 g/mol. The Hall–Kier alpha value is -2.86. The molecule has 2 N–H and O–H groups in total. The fourth-order valence-electron chi connectivity index (χ4n) is 3.04. The van der Waals surface area contributed by atoms with Gasteiger partial charge in [-0.15, -0.1) is 11.3 Å². The van der Waals surface area contributed by atoms with Gasteiger partial charge in [0.1, 0.15) is 10.6 Å². The van der Waals surface area contributed by atoms with Crippen molar-refractivity contribution in [3.63, 3.8) is 0 Å². The number of carbonyl (C=O) groups is 2. The Morgan fingerprint density at radius 3 is 2.67 bits per heavy atom. The van der Waals surface area contributed by atoms with E-state index in [-0.39, 0.29) is 23.1 Å². The number of hydrogen-bond acceptors (Lipinski definition) is 4. The van der Waals surface area contributed by atoms with Gasteiger partial charge in [-0.3, -0.25) is 4.79 Å². The lowest BCUT2D eigenvalue weighted by molar-refractivity contribution is -0.116. The fourth-order valence-corrected chi connectivity index (χ4v) is 4.26. The molecule has 0 aliphatic carbocycles. The van der Waals surface area contributed by atoms with Crippen LogP contribution in [0.1, 0.15) is 32.6 Å². The second kappa shape index (κ2) is 5.65. The summed E-state index contributed by atoms with van der Waals surface area (Å²) in [6, 6.07) is 12.8. The lowest BCUT2D eigenvalue weighted by atomic mass is 9.92.